The molecule has 0 bridgehead atoms. The first-order valence-corrected chi connectivity index (χ1v) is 9.25. The van der Waals surface area contributed by atoms with Crippen LogP contribution in [0.1, 0.15) is 53.0 Å². The fourth-order valence-corrected chi connectivity index (χ4v) is 4.20. The van der Waals surface area contributed by atoms with Crippen LogP contribution >= 0.6 is 0 Å². The Morgan fingerprint density at radius 3 is 2.92 bits per heavy atom. The van der Waals surface area contributed by atoms with E-state index in [-0.39, 0.29) is 18.0 Å². The number of carbonyl (C=O) groups is 1. The third-order valence-electron chi connectivity index (χ3n) is 5.76. The molecule has 0 spiro atoms. The molecule has 2 fully saturated rings. The van der Waals surface area contributed by atoms with Crippen molar-refractivity contribution in [1.82, 2.24) is 10.6 Å². The lowest BCUT2D eigenvalue weighted by atomic mass is 9.82. The van der Waals surface area contributed by atoms with Gasteiger partial charge in [0.05, 0.1) is 12.3 Å². The van der Waals surface area contributed by atoms with Crippen LogP contribution in [0, 0.1) is 11.8 Å². The van der Waals surface area contributed by atoms with Crippen LogP contribution in [-0.4, -0.2) is 19.0 Å². The lowest BCUT2D eigenvalue weighted by molar-refractivity contribution is 0.0951. The van der Waals surface area contributed by atoms with Crippen LogP contribution in [0.3, 0.4) is 0 Å². The summed E-state index contributed by atoms with van der Waals surface area (Å²) in [5, 5.41) is 10.3. The van der Waals surface area contributed by atoms with Gasteiger partial charge in [0.15, 0.2) is 0 Å². The second-order valence-corrected chi connectivity index (χ2v) is 7.48. The zero-order valence-corrected chi connectivity index (χ0v) is 14.1. The van der Waals surface area contributed by atoms with Gasteiger partial charge in [-0.3, -0.25) is 4.79 Å². The van der Waals surface area contributed by atoms with Crippen LogP contribution in [0.5, 0.6) is 0 Å². The normalized spacial score (nSPS) is 27.3. The number of amides is 1. The van der Waals surface area contributed by atoms with Crippen LogP contribution in [0.2, 0.25) is 0 Å². The molecule has 25 heavy (non-hydrogen) atoms. The highest BCUT2D eigenvalue weighted by atomic mass is 16.3. The second kappa shape index (κ2) is 5.92. The Labute approximate surface area is 147 Å². The Balaban J connectivity index is 1.43. The number of carbonyl (C=O) groups excluding carboxylic acids is 1. The van der Waals surface area contributed by atoms with Gasteiger partial charge in [-0.1, -0.05) is 0 Å². The van der Waals surface area contributed by atoms with Crippen molar-refractivity contribution in [2.24, 2.45) is 11.8 Å². The van der Waals surface area contributed by atoms with Gasteiger partial charge in [0.25, 0.3) is 5.91 Å². The van der Waals surface area contributed by atoms with Crippen molar-refractivity contribution < 1.29 is 9.21 Å². The molecule has 2 aliphatic heterocycles. The molecule has 1 saturated heterocycles. The summed E-state index contributed by atoms with van der Waals surface area (Å²) in [5.41, 5.74) is 3.05. The minimum Gasteiger partial charge on any atom is -0.467 e. The summed E-state index contributed by atoms with van der Waals surface area (Å²) in [7, 11) is 0. The van der Waals surface area contributed by atoms with E-state index in [1.165, 1.54) is 18.4 Å². The number of hydrogen-bond donors (Lipinski definition) is 3. The maximum absolute atomic E-state index is 12.4. The van der Waals surface area contributed by atoms with E-state index in [2.05, 4.69) is 22.0 Å². The third kappa shape index (κ3) is 2.72. The molecule has 5 heteroatoms. The van der Waals surface area contributed by atoms with E-state index >= 15 is 0 Å². The zero-order chi connectivity index (χ0) is 16.8. The Hall–Kier alpha value is -2.27. The van der Waals surface area contributed by atoms with Crippen LogP contribution < -0.4 is 16.0 Å². The van der Waals surface area contributed by atoms with Crippen molar-refractivity contribution >= 4 is 11.6 Å². The van der Waals surface area contributed by atoms with Crippen molar-refractivity contribution in [3.63, 3.8) is 0 Å². The van der Waals surface area contributed by atoms with Gasteiger partial charge in [-0.2, -0.15) is 0 Å². The largest absolute Gasteiger partial charge is 0.467 e. The SMILES string of the molecule is O=C(NCC1CC1)c1ccc2c(c1)C1NCCC1C(c1ccco1)N2. The maximum atomic E-state index is 12.4. The second-order valence-electron chi connectivity index (χ2n) is 7.48. The number of furan rings is 1. The average molecular weight is 337 g/mol. The molecule has 1 saturated carbocycles. The van der Waals surface area contributed by atoms with E-state index in [0.29, 0.717) is 11.8 Å². The zero-order valence-electron chi connectivity index (χ0n) is 14.1. The molecule has 1 aliphatic carbocycles. The van der Waals surface area contributed by atoms with Crippen molar-refractivity contribution in [3.8, 4) is 0 Å². The topological polar surface area (TPSA) is 66.3 Å². The predicted octanol–water partition coefficient (Wildman–Crippen LogP) is 3.24. The third-order valence-corrected chi connectivity index (χ3v) is 5.76. The molecule has 3 N–H and O–H groups in total. The lowest BCUT2D eigenvalue weighted by Crippen LogP contribution is -2.33. The van der Waals surface area contributed by atoms with Gasteiger partial charge in [0.2, 0.25) is 0 Å². The van der Waals surface area contributed by atoms with Gasteiger partial charge in [0.1, 0.15) is 5.76 Å². The average Bonchev–Trinajstić information content (AvgIpc) is 3.11. The standard InChI is InChI=1S/C20H23N3O2/c24-20(22-11-12-3-4-12)13-5-6-16-15(10-13)18-14(7-8-21-18)19(23-16)17-2-1-9-25-17/h1-2,5-6,9-10,12,14,18-19,21,23H,3-4,7-8,11H2,(H,22,24). The highest BCUT2D eigenvalue weighted by molar-refractivity contribution is 5.95. The molecule has 3 atom stereocenters. The number of fused-ring (bicyclic) bond motifs is 3. The first-order valence-electron chi connectivity index (χ1n) is 9.25. The quantitative estimate of drug-likeness (QED) is 0.801. The fourth-order valence-electron chi connectivity index (χ4n) is 4.20. The minimum absolute atomic E-state index is 0.0393. The summed E-state index contributed by atoms with van der Waals surface area (Å²) < 4.78 is 5.66. The summed E-state index contributed by atoms with van der Waals surface area (Å²) in [6.45, 7) is 1.80. The Morgan fingerprint density at radius 1 is 1.20 bits per heavy atom. The molecule has 5 rings (SSSR count). The summed E-state index contributed by atoms with van der Waals surface area (Å²) >= 11 is 0. The van der Waals surface area contributed by atoms with Crippen molar-refractivity contribution in [1.29, 1.82) is 0 Å². The Bertz CT molecular complexity index is 782. The Kier molecular flexibility index (Phi) is 3.55. The fraction of sp³-hybridized carbons (Fsp3) is 0.450. The van der Waals surface area contributed by atoms with Crippen molar-refractivity contribution in [3.05, 3.63) is 53.5 Å². The summed E-state index contributed by atoms with van der Waals surface area (Å²) in [4.78, 5) is 12.4. The van der Waals surface area contributed by atoms with E-state index in [0.717, 1.165) is 36.5 Å². The monoisotopic (exact) mass is 337 g/mol. The molecule has 1 aromatic heterocycles. The van der Waals surface area contributed by atoms with Crippen LogP contribution in [0.4, 0.5) is 5.69 Å². The number of anilines is 1. The molecule has 1 amide bonds. The summed E-state index contributed by atoms with van der Waals surface area (Å²) in [6.07, 6.45) is 5.32. The molecule has 1 aromatic carbocycles. The van der Waals surface area contributed by atoms with Gasteiger partial charge in [0, 0.05) is 29.8 Å². The molecular weight excluding hydrogens is 314 g/mol. The van der Waals surface area contributed by atoms with Crippen molar-refractivity contribution in [2.45, 2.75) is 31.3 Å². The van der Waals surface area contributed by atoms with E-state index < -0.39 is 0 Å². The molecule has 130 valence electrons. The van der Waals surface area contributed by atoms with E-state index in [4.69, 9.17) is 4.42 Å². The molecule has 2 aromatic rings. The number of benzene rings is 1. The Morgan fingerprint density at radius 2 is 2.12 bits per heavy atom. The van der Waals surface area contributed by atoms with E-state index in [1.54, 1.807) is 6.26 Å². The smallest absolute Gasteiger partial charge is 0.251 e. The van der Waals surface area contributed by atoms with Crippen LogP contribution in [0.25, 0.3) is 0 Å². The molecule has 3 aliphatic rings. The molecule has 5 nitrogen and oxygen atoms in total. The maximum Gasteiger partial charge on any atom is 0.251 e. The molecular formula is C20H23N3O2. The van der Waals surface area contributed by atoms with Gasteiger partial charge in [-0.15, -0.1) is 0 Å². The van der Waals surface area contributed by atoms with E-state index in [1.807, 2.05) is 24.3 Å². The number of nitrogens with one attached hydrogen (secondary N) is 3. The van der Waals surface area contributed by atoms with Gasteiger partial charge < -0.3 is 20.4 Å². The first-order chi connectivity index (χ1) is 12.3. The molecule has 3 unspecified atom stereocenters. The van der Waals surface area contributed by atoms with Crippen LogP contribution in [0.15, 0.2) is 41.0 Å². The van der Waals surface area contributed by atoms with Gasteiger partial charge >= 0.3 is 0 Å². The first kappa shape index (κ1) is 15.0. The summed E-state index contributed by atoms with van der Waals surface area (Å²) in [6, 6.07) is 10.4. The van der Waals surface area contributed by atoms with Gasteiger partial charge in [-0.05, 0) is 67.6 Å². The minimum atomic E-state index is 0.0393. The lowest BCUT2D eigenvalue weighted by Gasteiger charge is -2.36. The predicted molar refractivity (Wildman–Crippen MR) is 95.4 cm³/mol. The van der Waals surface area contributed by atoms with Gasteiger partial charge in [-0.25, -0.2) is 0 Å². The summed E-state index contributed by atoms with van der Waals surface area (Å²) in [5.74, 6) is 2.15. The number of hydrogen-bond acceptors (Lipinski definition) is 4. The number of rotatable bonds is 4. The highest BCUT2D eigenvalue weighted by Crippen LogP contribution is 2.47. The molecule has 3 heterocycles. The van der Waals surface area contributed by atoms with Crippen molar-refractivity contribution in [2.75, 3.05) is 18.4 Å². The van der Waals surface area contributed by atoms with E-state index in [9.17, 15) is 4.79 Å². The van der Waals surface area contributed by atoms with Crippen LogP contribution in [-0.2, 0) is 0 Å². The molecule has 0 radical (unpaired) electrons. The highest BCUT2D eigenvalue weighted by Gasteiger charge is 2.41.